The van der Waals surface area contributed by atoms with Crippen LogP contribution in [0, 0.1) is 5.92 Å². The Morgan fingerprint density at radius 2 is 1.71 bits per heavy atom. The Kier molecular flexibility index (Phi) is 6.53. The average molecular weight is 461 g/mol. The van der Waals surface area contributed by atoms with Crippen LogP contribution in [0.3, 0.4) is 0 Å². The summed E-state index contributed by atoms with van der Waals surface area (Å²) in [4.78, 5) is 21.0. The minimum Gasteiger partial charge on any atom is -0.368 e. The molecule has 1 N–H and O–H groups in total. The van der Waals surface area contributed by atoms with E-state index in [0.717, 1.165) is 56.2 Å². The number of anilines is 3. The van der Waals surface area contributed by atoms with Crippen molar-refractivity contribution in [2.24, 2.45) is 5.92 Å². The van der Waals surface area contributed by atoms with E-state index in [4.69, 9.17) is 23.2 Å². The highest BCUT2D eigenvalue weighted by Crippen LogP contribution is 2.30. The second-order valence-corrected chi connectivity index (χ2v) is 8.24. The summed E-state index contributed by atoms with van der Waals surface area (Å²) in [7, 11) is 0. The molecule has 9 heteroatoms. The van der Waals surface area contributed by atoms with Crippen LogP contribution in [0.15, 0.2) is 36.4 Å². The summed E-state index contributed by atoms with van der Waals surface area (Å²) >= 11 is 12.2. The maximum Gasteiger partial charge on any atom is 0.249 e. The molecule has 0 bridgehead atoms. The molecule has 1 aromatic carbocycles. The molecule has 31 heavy (non-hydrogen) atoms. The SMILES string of the molecule is CC.O=C(Nc1nc2cccc(N3CCN(c4ccc(Cl)c(Cl)c4)CC3)n2n1)C1CC1. The Labute approximate surface area is 191 Å². The van der Waals surface area contributed by atoms with Crippen molar-refractivity contribution in [3.8, 4) is 0 Å². The fraction of sp³-hybridized carbons (Fsp3) is 0.409. The lowest BCUT2D eigenvalue weighted by Gasteiger charge is -2.37. The van der Waals surface area contributed by atoms with Crippen LogP contribution < -0.4 is 15.1 Å². The van der Waals surface area contributed by atoms with Gasteiger partial charge in [-0.3, -0.25) is 10.1 Å². The molecule has 1 aliphatic carbocycles. The molecule has 2 aliphatic rings. The first-order chi connectivity index (χ1) is 15.1. The number of nitrogens with one attached hydrogen (secondary N) is 1. The van der Waals surface area contributed by atoms with Crippen LogP contribution in [0.1, 0.15) is 26.7 Å². The van der Waals surface area contributed by atoms with Crippen molar-refractivity contribution in [3.05, 3.63) is 46.4 Å². The van der Waals surface area contributed by atoms with Gasteiger partial charge in [-0.2, -0.15) is 9.50 Å². The zero-order valence-corrected chi connectivity index (χ0v) is 19.2. The number of pyridine rings is 1. The van der Waals surface area contributed by atoms with E-state index in [-0.39, 0.29) is 11.8 Å². The number of benzene rings is 1. The van der Waals surface area contributed by atoms with E-state index in [0.29, 0.717) is 16.0 Å². The van der Waals surface area contributed by atoms with Gasteiger partial charge in [-0.25, -0.2) is 0 Å². The number of rotatable bonds is 4. The highest BCUT2D eigenvalue weighted by molar-refractivity contribution is 6.42. The van der Waals surface area contributed by atoms with Gasteiger partial charge in [-0.1, -0.05) is 43.1 Å². The Balaban J connectivity index is 0.00000112. The number of nitrogens with zero attached hydrogens (tertiary/aromatic N) is 5. The smallest absolute Gasteiger partial charge is 0.249 e. The quantitative estimate of drug-likeness (QED) is 0.608. The van der Waals surface area contributed by atoms with Crippen LogP contribution in [0.4, 0.5) is 17.5 Å². The summed E-state index contributed by atoms with van der Waals surface area (Å²) in [6.07, 6.45) is 1.90. The van der Waals surface area contributed by atoms with Crippen molar-refractivity contribution in [1.29, 1.82) is 0 Å². The molecule has 1 saturated carbocycles. The number of amides is 1. The molecule has 3 aromatic rings. The van der Waals surface area contributed by atoms with Gasteiger partial charge < -0.3 is 9.80 Å². The number of carbonyl (C=O) groups is 1. The molecular weight excluding hydrogens is 435 g/mol. The van der Waals surface area contributed by atoms with Gasteiger partial charge in [0.05, 0.1) is 10.0 Å². The lowest BCUT2D eigenvalue weighted by Crippen LogP contribution is -2.47. The molecule has 0 radical (unpaired) electrons. The van der Waals surface area contributed by atoms with E-state index in [2.05, 4.69) is 25.2 Å². The second-order valence-electron chi connectivity index (χ2n) is 7.43. The molecule has 164 valence electrons. The Hall–Kier alpha value is -2.51. The summed E-state index contributed by atoms with van der Waals surface area (Å²) in [5, 5.41) is 8.49. The zero-order chi connectivity index (χ0) is 22.0. The Morgan fingerprint density at radius 1 is 1.00 bits per heavy atom. The Morgan fingerprint density at radius 3 is 2.39 bits per heavy atom. The summed E-state index contributed by atoms with van der Waals surface area (Å²) in [6.45, 7) is 7.38. The lowest BCUT2D eigenvalue weighted by molar-refractivity contribution is -0.117. The highest BCUT2D eigenvalue weighted by Gasteiger charge is 2.30. The third-order valence-electron chi connectivity index (χ3n) is 5.39. The summed E-state index contributed by atoms with van der Waals surface area (Å²) in [6, 6.07) is 11.6. The van der Waals surface area contributed by atoms with Gasteiger partial charge >= 0.3 is 0 Å². The summed E-state index contributed by atoms with van der Waals surface area (Å²) < 4.78 is 1.80. The molecule has 0 spiro atoms. The minimum atomic E-state index is 0.0118. The van der Waals surface area contributed by atoms with Gasteiger partial charge in [0, 0.05) is 37.8 Å². The number of piperazine rings is 1. The molecule has 1 aliphatic heterocycles. The Bertz CT molecular complexity index is 1070. The number of carbonyl (C=O) groups excluding carboxylic acids is 1. The van der Waals surface area contributed by atoms with Crippen LogP contribution in [-0.2, 0) is 4.79 Å². The van der Waals surface area contributed by atoms with Gasteiger partial charge in [-0.15, -0.1) is 5.10 Å². The maximum absolute atomic E-state index is 12.0. The third-order valence-corrected chi connectivity index (χ3v) is 6.13. The normalized spacial score (nSPS) is 16.1. The van der Waals surface area contributed by atoms with Crippen LogP contribution in [-0.4, -0.2) is 46.7 Å². The third kappa shape index (κ3) is 4.72. The monoisotopic (exact) mass is 460 g/mol. The number of aromatic nitrogens is 3. The molecule has 0 unspecified atom stereocenters. The highest BCUT2D eigenvalue weighted by atomic mass is 35.5. The van der Waals surface area contributed by atoms with Gasteiger partial charge in [-0.05, 0) is 43.2 Å². The largest absolute Gasteiger partial charge is 0.368 e. The predicted octanol–water partition coefficient (Wildman–Crippen LogP) is 4.74. The number of hydrogen-bond acceptors (Lipinski definition) is 5. The first-order valence-electron chi connectivity index (χ1n) is 10.7. The van der Waals surface area contributed by atoms with E-state index in [1.807, 2.05) is 50.2 Å². The van der Waals surface area contributed by atoms with Crippen LogP contribution in [0.2, 0.25) is 10.0 Å². The van der Waals surface area contributed by atoms with Crippen LogP contribution in [0.5, 0.6) is 0 Å². The molecule has 3 heterocycles. The van der Waals surface area contributed by atoms with Crippen molar-refractivity contribution in [2.45, 2.75) is 26.7 Å². The van der Waals surface area contributed by atoms with Crippen molar-refractivity contribution in [2.75, 3.05) is 41.3 Å². The molecular formula is C22H26Cl2N6O. The second kappa shape index (κ2) is 9.32. The number of hydrogen-bond donors (Lipinski definition) is 1. The van der Waals surface area contributed by atoms with Gasteiger partial charge in [0.1, 0.15) is 5.82 Å². The number of fused-ring (bicyclic) bond motifs is 1. The first kappa shape index (κ1) is 21.7. The summed E-state index contributed by atoms with van der Waals surface area (Å²) in [5.41, 5.74) is 1.79. The molecule has 1 amide bonds. The van der Waals surface area contributed by atoms with E-state index >= 15 is 0 Å². The van der Waals surface area contributed by atoms with E-state index in [1.54, 1.807) is 4.52 Å². The average Bonchev–Trinajstić information content (AvgIpc) is 3.57. The molecule has 2 fully saturated rings. The first-order valence-corrected chi connectivity index (χ1v) is 11.5. The van der Waals surface area contributed by atoms with Gasteiger partial charge in [0.15, 0.2) is 5.65 Å². The van der Waals surface area contributed by atoms with Crippen LogP contribution in [0.25, 0.3) is 5.65 Å². The fourth-order valence-corrected chi connectivity index (χ4v) is 3.91. The number of halogens is 2. The van der Waals surface area contributed by atoms with Crippen molar-refractivity contribution < 1.29 is 4.79 Å². The fourth-order valence-electron chi connectivity index (χ4n) is 3.62. The minimum absolute atomic E-state index is 0.0118. The molecule has 7 nitrogen and oxygen atoms in total. The molecule has 5 rings (SSSR count). The summed E-state index contributed by atoms with van der Waals surface area (Å²) in [5.74, 6) is 1.47. The molecule has 1 saturated heterocycles. The zero-order valence-electron chi connectivity index (χ0n) is 17.7. The lowest BCUT2D eigenvalue weighted by atomic mass is 10.2. The van der Waals surface area contributed by atoms with Crippen LogP contribution >= 0.6 is 23.2 Å². The predicted molar refractivity (Wildman–Crippen MR) is 127 cm³/mol. The van der Waals surface area contributed by atoms with E-state index in [9.17, 15) is 4.79 Å². The molecule has 2 aromatic heterocycles. The van der Waals surface area contributed by atoms with E-state index in [1.165, 1.54) is 0 Å². The topological polar surface area (TPSA) is 65.8 Å². The van der Waals surface area contributed by atoms with E-state index < -0.39 is 0 Å². The van der Waals surface area contributed by atoms with Crippen molar-refractivity contribution in [1.82, 2.24) is 14.6 Å². The maximum atomic E-state index is 12.0. The standard InChI is InChI=1S/C20H20Cl2N6O.C2H6/c21-15-7-6-14(12-16(15)22)26-8-10-27(11-9-26)18-3-1-2-17-23-20(25-28(17)18)24-19(29)13-4-5-13;1-2/h1-3,6-7,12-13H,4-5,8-11H2,(H,24,25,29);1-2H3. The van der Waals surface area contributed by atoms with Crippen molar-refractivity contribution in [3.63, 3.8) is 0 Å². The van der Waals surface area contributed by atoms with Gasteiger partial charge in [0.2, 0.25) is 11.9 Å². The van der Waals surface area contributed by atoms with Gasteiger partial charge in [0.25, 0.3) is 0 Å². The van der Waals surface area contributed by atoms with Crippen molar-refractivity contribution >= 4 is 52.2 Å². The molecule has 0 atom stereocenters.